The van der Waals surface area contributed by atoms with Crippen molar-refractivity contribution < 1.29 is 9.53 Å². The lowest BCUT2D eigenvalue weighted by Gasteiger charge is -2.22. The molecule has 1 fully saturated rings. The highest BCUT2D eigenvalue weighted by atomic mass is 79.9. The highest BCUT2D eigenvalue weighted by Gasteiger charge is 2.27. The number of alkyl carbamates (subject to hydrolysis) is 1. The van der Waals surface area contributed by atoms with Crippen molar-refractivity contribution in [1.29, 1.82) is 0 Å². The molecular weight excluding hydrogens is 368 g/mol. The minimum atomic E-state index is -0.468. The summed E-state index contributed by atoms with van der Waals surface area (Å²) in [5.41, 5.74) is 0.448. The van der Waals surface area contributed by atoms with Crippen LogP contribution < -0.4 is 10.6 Å². The molecule has 22 heavy (non-hydrogen) atoms. The molecule has 0 spiro atoms. The summed E-state index contributed by atoms with van der Waals surface area (Å²) in [7, 11) is 0. The summed E-state index contributed by atoms with van der Waals surface area (Å²) in [6, 6.07) is 6.18. The molecule has 1 saturated carbocycles. The van der Waals surface area contributed by atoms with Gasteiger partial charge in [0.15, 0.2) is 0 Å². The largest absolute Gasteiger partial charge is 0.444 e. The van der Waals surface area contributed by atoms with E-state index in [1.54, 1.807) is 0 Å². The summed E-state index contributed by atoms with van der Waals surface area (Å²) in [5, 5.41) is 7.08. The van der Waals surface area contributed by atoms with Crippen molar-refractivity contribution in [2.45, 2.75) is 57.7 Å². The summed E-state index contributed by atoms with van der Waals surface area (Å²) in [4.78, 5) is 11.8. The van der Waals surface area contributed by atoms with Crippen LogP contribution in [0, 0.1) is 0 Å². The number of nitrogens with one attached hydrogen (secondary N) is 2. The first kappa shape index (κ1) is 17.4. The zero-order chi connectivity index (χ0) is 16.3. The zero-order valence-electron chi connectivity index (χ0n) is 13.1. The molecule has 1 aromatic carbocycles. The second-order valence-electron chi connectivity index (χ2n) is 6.62. The fourth-order valence-electron chi connectivity index (χ4n) is 2.55. The number of amides is 1. The number of carbonyl (C=O) groups is 1. The van der Waals surface area contributed by atoms with Crippen LogP contribution in [0.2, 0.25) is 5.02 Å². The monoisotopic (exact) mass is 388 g/mol. The number of hydrogen-bond acceptors (Lipinski definition) is 3. The van der Waals surface area contributed by atoms with Crippen LogP contribution in [0.5, 0.6) is 0 Å². The molecule has 0 aliphatic heterocycles. The summed E-state index contributed by atoms with van der Waals surface area (Å²) < 4.78 is 6.28. The Morgan fingerprint density at radius 2 is 2.00 bits per heavy atom. The minimum Gasteiger partial charge on any atom is -0.444 e. The van der Waals surface area contributed by atoms with Crippen LogP contribution in [-0.2, 0) is 4.74 Å². The van der Waals surface area contributed by atoms with Crippen LogP contribution in [0.1, 0.15) is 40.0 Å². The molecule has 1 amide bonds. The molecule has 0 radical (unpaired) electrons. The molecule has 4 nitrogen and oxygen atoms in total. The Balaban J connectivity index is 1.85. The molecule has 1 aliphatic rings. The van der Waals surface area contributed by atoms with Gasteiger partial charge in [-0.15, -0.1) is 0 Å². The van der Waals surface area contributed by atoms with Crippen molar-refractivity contribution in [2.75, 3.05) is 5.32 Å². The molecule has 0 bridgehead atoms. The van der Waals surface area contributed by atoms with E-state index in [-0.39, 0.29) is 12.1 Å². The third-order valence-electron chi connectivity index (χ3n) is 3.44. The topological polar surface area (TPSA) is 50.4 Å². The van der Waals surface area contributed by atoms with Gasteiger partial charge in [0.1, 0.15) is 5.60 Å². The van der Waals surface area contributed by atoms with Crippen LogP contribution in [0.4, 0.5) is 10.5 Å². The number of ether oxygens (including phenoxy) is 1. The number of halogens is 2. The molecule has 2 unspecified atom stereocenters. The molecule has 1 aromatic rings. The summed E-state index contributed by atoms with van der Waals surface area (Å²) in [6.07, 6.45) is 2.44. The predicted octanol–water partition coefficient (Wildman–Crippen LogP) is 4.96. The van der Waals surface area contributed by atoms with Crippen molar-refractivity contribution in [3.63, 3.8) is 0 Å². The number of rotatable bonds is 3. The fourth-order valence-corrected chi connectivity index (χ4v) is 3.08. The van der Waals surface area contributed by atoms with Crippen molar-refractivity contribution in [1.82, 2.24) is 5.32 Å². The van der Waals surface area contributed by atoms with E-state index in [2.05, 4.69) is 26.6 Å². The van der Waals surface area contributed by atoms with E-state index in [1.165, 1.54) is 0 Å². The molecule has 2 atom stereocenters. The van der Waals surface area contributed by atoms with Gasteiger partial charge >= 0.3 is 6.09 Å². The quantitative estimate of drug-likeness (QED) is 0.768. The van der Waals surface area contributed by atoms with Crippen LogP contribution in [-0.4, -0.2) is 23.8 Å². The van der Waals surface area contributed by atoms with Crippen molar-refractivity contribution in [2.24, 2.45) is 0 Å². The van der Waals surface area contributed by atoms with E-state index in [0.717, 1.165) is 29.4 Å². The van der Waals surface area contributed by atoms with Crippen LogP contribution in [0.15, 0.2) is 22.7 Å². The highest BCUT2D eigenvalue weighted by Crippen LogP contribution is 2.30. The average Bonchev–Trinajstić information content (AvgIpc) is 2.78. The molecule has 2 rings (SSSR count). The molecule has 0 heterocycles. The van der Waals surface area contributed by atoms with Gasteiger partial charge < -0.3 is 15.4 Å². The Morgan fingerprint density at radius 1 is 1.32 bits per heavy atom. The van der Waals surface area contributed by atoms with Gasteiger partial charge in [0.05, 0.1) is 10.7 Å². The van der Waals surface area contributed by atoms with Gasteiger partial charge in [-0.2, -0.15) is 0 Å². The third kappa shape index (κ3) is 5.36. The average molecular weight is 390 g/mol. The molecule has 1 aliphatic carbocycles. The SMILES string of the molecule is CC(C)(C)OC(=O)NC1CCC(Nc2cc(Br)ccc2Cl)C1. The second kappa shape index (κ2) is 7.09. The number of benzene rings is 1. The van der Waals surface area contributed by atoms with Crippen molar-refractivity contribution in [3.8, 4) is 0 Å². The van der Waals surface area contributed by atoms with Gasteiger partial charge in [-0.3, -0.25) is 0 Å². The normalized spacial score (nSPS) is 21.5. The summed E-state index contributed by atoms with van der Waals surface area (Å²) in [6.45, 7) is 5.59. The lowest BCUT2D eigenvalue weighted by atomic mass is 10.2. The van der Waals surface area contributed by atoms with E-state index in [4.69, 9.17) is 16.3 Å². The smallest absolute Gasteiger partial charge is 0.407 e. The van der Waals surface area contributed by atoms with Gasteiger partial charge in [-0.25, -0.2) is 4.79 Å². The number of hydrogen-bond donors (Lipinski definition) is 2. The third-order valence-corrected chi connectivity index (χ3v) is 4.26. The maximum atomic E-state index is 11.8. The van der Waals surface area contributed by atoms with Crippen LogP contribution in [0.3, 0.4) is 0 Å². The summed E-state index contributed by atoms with van der Waals surface area (Å²) in [5.74, 6) is 0. The molecular formula is C16H22BrClN2O2. The standard InChI is InChI=1S/C16H22BrClN2O2/c1-16(2,3)22-15(21)20-12-6-5-11(9-12)19-14-8-10(17)4-7-13(14)18/h4,7-8,11-12,19H,5-6,9H2,1-3H3,(H,20,21). The number of carbonyl (C=O) groups excluding carboxylic acids is 1. The number of anilines is 1. The highest BCUT2D eigenvalue weighted by molar-refractivity contribution is 9.10. The van der Waals surface area contributed by atoms with E-state index in [0.29, 0.717) is 11.1 Å². The van der Waals surface area contributed by atoms with Crippen LogP contribution >= 0.6 is 27.5 Å². The van der Waals surface area contributed by atoms with Gasteiger partial charge in [0.2, 0.25) is 0 Å². The van der Waals surface area contributed by atoms with E-state index in [1.807, 2.05) is 39.0 Å². The zero-order valence-corrected chi connectivity index (χ0v) is 15.4. The first-order valence-electron chi connectivity index (χ1n) is 7.44. The lowest BCUT2D eigenvalue weighted by Crippen LogP contribution is -2.38. The fraction of sp³-hybridized carbons (Fsp3) is 0.562. The molecule has 122 valence electrons. The van der Waals surface area contributed by atoms with E-state index < -0.39 is 5.60 Å². The van der Waals surface area contributed by atoms with Gasteiger partial charge in [0.25, 0.3) is 0 Å². The Labute approximate surface area is 145 Å². The molecule has 6 heteroatoms. The molecule has 0 aromatic heterocycles. The van der Waals surface area contributed by atoms with Crippen LogP contribution in [0.25, 0.3) is 0 Å². The van der Waals surface area contributed by atoms with E-state index in [9.17, 15) is 4.79 Å². The second-order valence-corrected chi connectivity index (χ2v) is 7.94. The van der Waals surface area contributed by atoms with Gasteiger partial charge in [0, 0.05) is 16.6 Å². The minimum absolute atomic E-state index is 0.137. The first-order valence-corrected chi connectivity index (χ1v) is 8.61. The first-order chi connectivity index (χ1) is 10.2. The Kier molecular flexibility index (Phi) is 5.61. The lowest BCUT2D eigenvalue weighted by molar-refractivity contribution is 0.0505. The Morgan fingerprint density at radius 3 is 2.68 bits per heavy atom. The maximum absolute atomic E-state index is 11.8. The maximum Gasteiger partial charge on any atom is 0.407 e. The Hall–Kier alpha value is -0.940. The summed E-state index contributed by atoms with van der Waals surface area (Å²) >= 11 is 9.64. The van der Waals surface area contributed by atoms with Gasteiger partial charge in [-0.05, 0) is 58.2 Å². The van der Waals surface area contributed by atoms with Crippen molar-refractivity contribution >= 4 is 39.3 Å². The molecule has 0 saturated heterocycles. The Bertz CT molecular complexity index is 545. The van der Waals surface area contributed by atoms with Gasteiger partial charge in [-0.1, -0.05) is 27.5 Å². The molecule has 2 N–H and O–H groups in total. The predicted molar refractivity (Wildman–Crippen MR) is 93.6 cm³/mol. The van der Waals surface area contributed by atoms with Crippen molar-refractivity contribution in [3.05, 3.63) is 27.7 Å². The van der Waals surface area contributed by atoms with E-state index >= 15 is 0 Å².